The molecule has 15 heavy (non-hydrogen) atoms. The van der Waals surface area contributed by atoms with Crippen LogP contribution in [0.4, 0.5) is 0 Å². The van der Waals surface area contributed by atoms with Gasteiger partial charge in [-0.3, -0.25) is 0 Å². The molecular weight excluding hydrogens is 200 g/mol. The van der Waals surface area contributed by atoms with E-state index in [2.05, 4.69) is 60.9 Å². The third-order valence-corrected chi connectivity index (χ3v) is 2.44. The summed E-state index contributed by atoms with van der Waals surface area (Å²) in [6, 6.07) is 14.6. The van der Waals surface area contributed by atoms with E-state index < -0.39 is 0 Å². The van der Waals surface area contributed by atoms with Gasteiger partial charge in [0.2, 0.25) is 0 Å². The van der Waals surface area contributed by atoms with Crippen molar-refractivity contribution in [3.8, 4) is 11.8 Å². The summed E-state index contributed by atoms with van der Waals surface area (Å²) in [5.74, 6) is 7.05. The van der Waals surface area contributed by atoms with E-state index in [0.29, 0.717) is 0 Å². The van der Waals surface area contributed by atoms with Crippen LogP contribution in [0.5, 0.6) is 0 Å². The number of benzene rings is 2. The summed E-state index contributed by atoms with van der Waals surface area (Å²) in [4.78, 5) is 0. The molecule has 74 valence electrons. The Bertz CT molecular complexity index is 517. The predicted molar refractivity (Wildman–Crippen MR) is 69.3 cm³/mol. The van der Waals surface area contributed by atoms with Crippen molar-refractivity contribution >= 4 is 23.4 Å². The Morgan fingerprint density at radius 3 is 2.60 bits per heavy atom. The molecular formula is C14H12S. The fraction of sp³-hybridized carbons (Fsp3) is 0.143. The van der Waals surface area contributed by atoms with Crippen molar-refractivity contribution in [2.45, 2.75) is 6.42 Å². The van der Waals surface area contributed by atoms with Gasteiger partial charge in [-0.1, -0.05) is 42.2 Å². The third kappa shape index (κ3) is 2.55. The summed E-state index contributed by atoms with van der Waals surface area (Å²) < 4.78 is 0. The molecule has 0 unspecified atom stereocenters. The maximum atomic E-state index is 4.12. The minimum absolute atomic E-state index is 0.820. The van der Waals surface area contributed by atoms with Crippen molar-refractivity contribution in [1.29, 1.82) is 0 Å². The normalized spacial score (nSPS) is 9.67. The first-order valence-electron chi connectivity index (χ1n) is 4.99. The molecule has 0 nitrogen and oxygen atoms in total. The summed E-state index contributed by atoms with van der Waals surface area (Å²) in [6.45, 7) is 0. The molecule has 0 fully saturated rings. The van der Waals surface area contributed by atoms with Gasteiger partial charge in [0.05, 0.1) is 0 Å². The molecule has 1 heteroatoms. The van der Waals surface area contributed by atoms with Crippen LogP contribution in [-0.2, 0) is 0 Å². The predicted octanol–water partition coefficient (Wildman–Crippen LogP) is 3.51. The summed E-state index contributed by atoms with van der Waals surface area (Å²) in [5, 5.41) is 2.51. The zero-order valence-corrected chi connectivity index (χ0v) is 9.30. The number of fused-ring (bicyclic) bond motifs is 1. The summed E-state index contributed by atoms with van der Waals surface area (Å²) in [7, 11) is 0. The zero-order valence-electron chi connectivity index (χ0n) is 8.40. The zero-order chi connectivity index (χ0) is 10.5. The number of rotatable bonds is 1. The van der Waals surface area contributed by atoms with Gasteiger partial charge in [-0.2, -0.15) is 12.6 Å². The quantitative estimate of drug-likeness (QED) is 0.543. The Balaban J connectivity index is 2.36. The molecule has 2 rings (SSSR count). The van der Waals surface area contributed by atoms with Gasteiger partial charge in [0.25, 0.3) is 0 Å². The molecule has 0 aromatic heterocycles. The average molecular weight is 212 g/mol. The summed E-state index contributed by atoms with van der Waals surface area (Å²) >= 11 is 4.12. The van der Waals surface area contributed by atoms with Gasteiger partial charge in [-0.05, 0) is 22.9 Å². The number of hydrogen-bond acceptors (Lipinski definition) is 1. The van der Waals surface area contributed by atoms with Crippen molar-refractivity contribution in [2.24, 2.45) is 0 Å². The molecule has 0 heterocycles. The summed E-state index contributed by atoms with van der Waals surface area (Å²) in [6.07, 6.45) is 0.843. The highest BCUT2D eigenvalue weighted by Gasteiger charge is 1.92. The van der Waals surface area contributed by atoms with E-state index in [4.69, 9.17) is 0 Å². The van der Waals surface area contributed by atoms with Gasteiger partial charge in [0.1, 0.15) is 0 Å². The minimum atomic E-state index is 0.820. The standard InChI is InChI=1S/C14H12S/c15-10-4-3-5-12-8-9-13-6-1-2-7-14(13)11-12/h1-2,6-9,11,15H,4,10H2. The Morgan fingerprint density at radius 2 is 1.80 bits per heavy atom. The van der Waals surface area contributed by atoms with Crippen LogP contribution in [0.15, 0.2) is 42.5 Å². The van der Waals surface area contributed by atoms with Crippen LogP contribution in [0.25, 0.3) is 10.8 Å². The molecule has 0 saturated heterocycles. The van der Waals surface area contributed by atoms with Gasteiger partial charge in [0, 0.05) is 17.7 Å². The topological polar surface area (TPSA) is 0 Å². The Hall–Kier alpha value is -1.39. The molecule has 0 amide bonds. The lowest BCUT2D eigenvalue weighted by molar-refractivity contribution is 1.31. The lowest BCUT2D eigenvalue weighted by atomic mass is 10.1. The van der Waals surface area contributed by atoms with Gasteiger partial charge < -0.3 is 0 Å². The first-order valence-corrected chi connectivity index (χ1v) is 5.62. The van der Waals surface area contributed by atoms with Crippen LogP contribution in [0.3, 0.4) is 0 Å². The molecule has 0 saturated carbocycles. The van der Waals surface area contributed by atoms with Crippen LogP contribution < -0.4 is 0 Å². The van der Waals surface area contributed by atoms with Gasteiger partial charge >= 0.3 is 0 Å². The lowest BCUT2D eigenvalue weighted by Gasteiger charge is -1.97. The largest absolute Gasteiger partial charge is 0.178 e. The molecule has 0 aliphatic rings. The molecule has 0 radical (unpaired) electrons. The van der Waals surface area contributed by atoms with Crippen molar-refractivity contribution in [3.63, 3.8) is 0 Å². The number of thiol groups is 1. The van der Waals surface area contributed by atoms with Crippen LogP contribution >= 0.6 is 12.6 Å². The second kappa shape index (κ2) is 4.91. The van der Waals surface area contributed by atoms with E-state index in [-0.39, 0.29) is 0 Å². The van der Waals surface area contributed by atoms with Crippen molar-refractivity contribution < 1.29 is 0 Å². The van der Waals surface area contributed by atoms with Gasteiger partial charge in [-0.25, -0.2) is 0 Å². The van der Waals surface area contributed by atoms with E-state index in [9.17, 15) is 0 Å². The van der Waals surface area contributed by atoms with E-state index >= 15 is 0 Å². The van der Waals surface area contributed by atoms with E-state index in [1.807, 2.05) is 6.07 Å². The molecule has 2 aromatic rings. The highest BCUT2D eigenvalue weighted by atomic mass is 32.1. The minimum Gasteiger partial charge on any atom is -0.178 e. The Labute approximate surface area is 95.7 Å². The highest BCUT2D eigenvalue weighted by molar-refractivity contribution is 7.80. The van der Waals surface area contributed by atoms with Crippen LogP contribution in [-0.4, -0.2) is 5.75 Å². The maximum absolute atomic E-state index is 4.12. The van der Waals surface area contributed by atoms with E-state index in [1.165, 1.54) is 10.8 Å². The molecule has 0 aliphatic heterocycles. The van der Waals surface area contributed by atoms with Crippen molar-refractivity contribution in [2.75, 3.05) is 5.75 Å². The highest BCUT2D eigenvalue weighted by Crippen LogP contribution is 2.14. The SMILES string of the molecule is SCCC#Cc1ccc2ccccc2c1. The fourth-order valence-corrected chi connectivity index (χ4v) is 1.60. The Kier molecular flexibility index (Phi) is 3.32. The molecule has 0 spiro atoms. The summed E-state index contributed by atoms with van der Waals surface area (Å²) in [5.41, 5.74) is 1.08. The monoisotopic (exact) mass is 212 g/mol. The first-order chi connectivity index (χ1) is 7.40. The molecule has 0 N–H and O–H groups in total. The Morgan fingerprint density at radius 1 is 1.00 bits per heavy atom. The maximum Gasteiger partial charge on any atom is 0.0251 e. The second-order valence-corrected chi connectivity index (χ2v) is 3.78. The average Bonchev–Trinajstić information content (AvgIpc) is 2.29. The first kappa shape index (κ1) is 10.1. The lowest BCUT2D eigenvalue weighted by Crippen LogP contribution is -1.76. The molecule has 0 aliphatic carbocycles. The smallest absolute Gasteiger partial charge is 0.0251 e. The van der Waals surface area contributed by atoms with E-state index in [0.717, 1.165) is 17.7 Å². The van der Waals surface area contributed by atoms with Crippen molar-refractivity contribution in [1.82, 2.24) is 0 Å². The molecule has 0 atom stereocenters. The third-order valence-electron chi connectivity index (χ3n) is 2.22. The van der Waals surface area contributed by atoms with Gasteiger partial charge in [-0.15, -0.1) is 0 Å². The van der Waals surface area contributed by atoms with Crippen LogP contribution in [0.1, 0.15) is 12.0 Å². The van der Waals surface area contributed by atoms with Crippen molar-refractivity contribution in [3.05, 3.63) is 48.0 Å². The fourth-order valence-electron chi connectivity index (χ4n) is 1.49. The second-order valence-electron chi connectivity index (χ2n) is 3.34. The van der Waals surface area contributed by atoms with Crippen LogP contribution in [0, 0.1) is 11.8 Å². The number of hydrogen-bond donors (Lipinski definition) is 1. The van der Waals surface area contributed by atoms with E-state index in [1.54, 1.807) is 0 Å². The van der Waals surface area contributed by atoms with Crippen LogP contribution in [0.2, 0.25) is 0 Å². The molecule has 2 aromatic carbocycles. The molecule has 0 bridgehead atoms. The van der Waals surface area contributed by atoms with Gasteiger partial charge in [0.15, 0.2) is 0 Å².